The Morgan fingerprint density at radius 2 is 1.53 bits per heavy atom. The molecule has 1 N–H and O–H groups in total. The van der Waals surface area contributed by atoms with Gasteiger partial charge in [-0.25, -0.2) is 4.57 Å². The molecule has 0 atom stereocenters. The molecule has 2 heterocycles. The fourth-order valence-corrected chi connectivity index (χ4v) is 3.30. The molecule has 7 heteroatoms. The summed E-state index contributed by atoms with van der Waals surface area (Å²) in [6.07, 6.45) is 0. The van der Waals surface area contributed by atoms with E-state index in [1.54, 1.807) is 35.0 Å². The van der Waals surface area contributed by atoms with E-state index in [4.69, 9.17) is 9.05 Å². The summed E-state index contributed by atoms with van der Waals surface area (Å²) in [5.74, 6) is 0. The van der Waals surface area contributed by atoms with Crippen LogP contribution in [0.25, 0.3) is 0 Å². The van der Waals surface area contributed by atoms with E-state index in [1.807, 2.05) is 0 Å². The van der Waals surface area contributed by atoms with Gasteiger partial charge in [0.2, 0.25) is 0 Å². The highest BCUT2D eigenvalue weighted by atomic mass is 32.1. The molecule has 2 aromatic rings. The van der Waals surface area contributed by atoms with Crippen LogP contribution >= 0.6 is 30.5 Å². The van der Waals surface area contributed by atoms with E-state index in [0.29, 0.717) is 10.1 Å². The van der Waals surface area contributed by atoms with Gasteiger partial charge in [-0.15, -0.1) is 22.7 Å². The summed E-state index contributed by atoms with van der Waals surface area (Å²) in [6.45, 7) is 0. The first-order valence-electron chi connectivity index (χ1n) is 3.95. The number of phosphoric acid groups is 1. The molecule has 4 nitrogen and oxygen atoms in total. The lowest BCUT2D eigenvalue weighted by molar-refractivity contribution is 0.296. The molecular weight excluding hydrogens is 255 g/mol. The quantitative estimate of drug-likeness (QED) is 0.858. The molecule has 0 spiro atoms. The maximum atomic E-state index is 11.5. The van der Waals surface area contributed by atoms with Crippen molar-refractivity contribution in [1.29, 1.82) is 0 Å². The van der Waals surface area contributed by atoms with Gasteiger partial charge in [0.05, 0.1) is 0 Å². The summed E-state index contributed by atoms with van der Waals surface area (Å²) in [4.78, 5) is 9.38. The van der Waals surface area contributed by atoms with Crippen LogP contribution in [0.5, 0.6) is 10.1 Å². The Morgan fingerprint density at radius 3 is 1.87 bits per heavy atom. The third-order valence-electron chi connectivity index (χ3n) is 1.40. The zero-order chi connectivity index (χ0) is 10.7. The zero-order valence-corrected chi connectivity index (χ0v) is 9.93. The Balaban J connectivity index is 2.04. The Bertz CT molecular complexity index is 411. The van der Waals surface area contributed by atoms with Crippen LogP contribution in [0.3, 0.4) is 0 Å². The fourth-order valence-electron chi connectivity index (χ4n) is 0.877. The van der Waals surface area contributed by atoms with Crippen LogP contribution in [0.2, 0.25) is 0 Å². The molecule has 0 aromatic carbocycles. The topological polar surface area (TPSA) is 55.8 Å². The Kier molecular flexibility index (Phi) is 3.11. The van der Waals surface area contributed by atoms with Crippen LogP contribution in [0, 0.1) is 0 Å². The fraction of sp³-hybridized carbons (Fsp3) is 0. The first-order valence-corrected chi connectivity index (χ1v) is 7.20. The maximum Gasteiger partial charge on any atom is 0.586 e. The summed E-state index contributed by atoms with van der Waals surface area (Å²) in [6, 6.07) is 6.66. The summed E-state index contributed by atoms with van der Waals surface area (Å²) >= 11 is 2.46. The van der Waals surface area contributed by atoms with Gasteiger partial charge in [0.1, 0.15) is 0 Å². The molecule has 0 bridgehead atoms. The predicted molar refractivity (Wildman–Crippen MR) is 59.7 cm³/mol. The van der Waals surface area contributed by atoms with Crippen LogP contribution in [-0.4, -0.2) is 4.89 Å². The Labute approximate surface area is 94.3 Å². The first kappa shape index (κ1) is 10.7. The first-order chi connectivity index (χ1) is 7.16. The van der Waals surface area contributed by atoms with Crippen molar-refractivity contribution in [2.75, 3.05) is 0 Å². The van der Waals surface area contributed by atoms with Gasteiger partial charge in [0.15, 0.2) is 10.1 Å². The number of rotatable bonds is 4. The highest BCUT2D eigenvalue weighted by Gasteiger charge is 2.25. The minimum absolute atomic E-state index is 0.359. The lowest BCUT2D eigenvalue weighted by atomic mass is 10.7. The molecule has 0 saturated heterocycles. The standard InChI is InChI=1S/C8H7O4PS2/c9-13(10,11-7-3-1-5-14-7)12-8-4-2-6-15-8/h1-6H,(H,9,10). The number of phosphoric ester groups is 1. The third-order valence-corrected chi connectivity index (χ3v) is 3.99. The lowest BCUT2D eigenvalue weighted by Gasteiger charge is -2.10. The lowest BCUT2D eigenvalue weighted by Crippen LogP contribution is -1.97. The van der Waals surface area contributed by atoms with Gasteiger partial charge in [-0.05, 0) is 35.0 Å². The summed E-state index contributed by atoms with van der Waals surface area (Å²) in [5.41, 5.74) is 0. The minimum Gasteiger partial charge on any atom is -0.385 e. The smallest absolute Gasteiger partial charge is 0.385 e. The molecule has 2 aromatic heterocycles. The molecule has 15 heavy (non-hydrogen) atoms. The molecule has 80 valence electrons. The molecule has 0 aliphatic rings. The average Bonchev–Trinajstić information content (AvgIpc) is 2.75. The van der Waals surface area contributed by atoms with Crippen molar-refractivity contribution in [3.05, 3.63) is 35.0 Å². The molecular formula is C8H7O4PS2. The summed E-state index contributed by atoms with van der Waals surface area (Å²) < 4.78 is 21.1. The second-order valence-electron chi connectivity index (χ2n) is 2.52. The summed E-state index contributed by atoms with van der Waals surface area (Å²) in [7, 11) is -4.05. The van der Waals surface area contributed by atoms with Gasteiger partial charge in [-0.1, -0.05) is 0 Å². The normalized spacial score (nSPS) is 11.3. The second-order valence-corrected chi connectivity index (χ2v) is 5.64. The number of thiophene rings is 2. The van der Waals surface area contributed by atoms with Gasteiger partial charge in [-0.3, -0.25) is 4.89 Å². The molecule has 0 fully saturated rings. The monoisotopic (exact) mass is 262 g/mol. The zero-order valence-electron chi connectivity index (χ0n) is 7.40. The largest absolute Gasteiger partial charge is 0.586 e. The Hall–Kier alpha value is -0.810. The van der Waals surface area contributed by atoms with Crippen molar-refractivity contribution in [2.24, 2.45) is 0 Å². The van der Waals surface area contributed by atoms with E-state index in [2.05, 4.69) is 0 Å². The molecule has 0 radical (unpaired) electrons. The van der Waals surface area contributed by atoms with Gasteiger partial charge in [-0.2, -0.15) is 0 Å². The minimum atomic E-state index is -4.05. The molecule has 0 unspecified atom stereocenters. The van der Waals surface area contributed by atoms with Crippen LogP contribution in [0.15, 0.2) is 35.0 Å². The van der Waals surface area contributed by atoms with E-state index in [9.17, 15) is 9.46 Å². The van der Waals surface area contributed by atoms with Gasteiger partial charge in [0, 0.05) is 0 Å². The van der Waals surface area contributed by atoms with Crippen molar-refractivity contribution >= 4 is 30.5 Å². The van der Waals surface area contributed by atoms with Crippen molar-refractivity contribution in [3.8, 4) is 10.1 Å². The van der Waals surface area contributed by atoms with Crippen molar-refractivity contribution < 1.29 is 18.5 Å². The maximum absolute atomic E-state index is 11.5. The van der Waals surface area contributed by atoms with Crippen LogP contribution in [-0.2, 0) is 4.57 Å². The van der Waals surface area contributed by atoms with E-state index in [-0.39, 0.29) is 0 Å². The number of hydrogen-bond donors (Lipinski definition) is 1. The van der Waals surface area contributed by atoms with E-state index in [0.717, 1.165) is 0 Å². The molecule has 2 rings (SSSR count). The highest BCUT2D eigenvalue weighted by Crippen LogP contribution is 2.46. The van der Waals surface area contributed by atoms with Crippen molar-refractivity contribution in [2.45, 2.75) is 0 Å². The molecule has 0 amide bonds. The van der Waals surface area contributed by atoms with Crippen LogP contribution < -0.4 is 9.05 Å². The van der Waals surface area contributed by atoms with Crippen LogP contribution in [0.4, 0.5) is 0 Å². The molecule has 0 aliphatic heterocycles. The molecule has 0 saturated carbocycles. The third kappa shape index (κ3) is 3.07. The number of hydrogen-bond acceptors (Lipinski definition) is 5. The van der Waals surface area contributed by atoms with E-state index < -0.39 is 7.82 Å². The molecule has 0 aliphatic carbocycles. The van der Waals surface area contributed by atoms with Crippen molar-refractivity contribution in [3.63, 3.8) is 0 Å². The highest BCUT2D eigenvalue weighted by molar-refractivity contribution is 7.49. The predicted octanol–water partition coefficient (Wildman–Crippen LogP) is 3.37. The van der Waals surface area contributed by atoms with Crippen molar-refractivity contribution in [1.82, 2.24) is 0 Å². The van der Waals surface area contributed by atoms with Crippen LogP contribution in [0.1, 0.15) is 0 Å². The second kappa shape index (κ2) is 4.37. The van der Waals surface area contributed by atoms with E-state index in [1.165, 1.54) is 22.7 Å². The van der Waals surface area contributed by atoms with Gasteiger partial charge in [0.25, 0.3) is 0 Å². The van der Waals surface area contributed by atoms with Gasteiger partial charge >= 0.3 is 7.82 Å². The SMILES string of the molecule is O=P(O)(Oc1cccs1)Oc1cccs1. The average molecular weight is 262 g/mol. The Morgan fingerprint density at radius 1 is 1.07 bits per heavy atom. The van der Waals surface area contributed by atoms with E-state index >= 15 is 0 Å². The summed E-state index contributed by atoms with van der Waals surface area (Å²) in [5, 5.41) is 4.22. The van der Waals surface area contributed by atoms with Gasteiger partial charge < -0.3 is 9.05 Å².